The van der Waals surface area contributed by atoms with Gasteiger partial charge in [0, 0.05) is 15.9 Å². The van der Waals surface area contributed by atoms with Crippen molar-refractivity contribution in [1.29, 1.82) is 0 Å². The first kappa shape index (κ1) is 20.7. The number of carbonyl (C=O) groups is 1. The van der Waals surface area contributed by atoms with Crippen LogP contribution in [0.4, 0.5) is 11.6 Å². The van der Waals surface area contributed by atoms with Crippen molar-refractivity contribution in [3.63, 3.8) is 0 Å². The van der Waals surface area contributed by atoms with Crippen molar-refractivity contribution in [2.75, 3.05) is 16.9 Å². The number of nitrogens with one attached hydrogen (secondary N) is 2. The van der Waals surface area contributed by atoms with Crippen LogP contribution in [0.1, 0.15) is 29.7 Å². The number of halogens is 1. The maximum absolute atomic E-state index is 13.5. The van der Waals surface area contributed by atoms with Gasteiger partial charge in [0.1, 0.15) is 6.04 Å². The molecular weight excluding hydrogens is 462 g/mol. The fourth-order valence-electron chi connectivity index (χ4n) is 3.64. The maximum atomic E-state index is 13.5. The second-order valence-electron chi connectivity index (χ2n) is 7.26. The van der Waals surface area contributed by atoms with E-state index in [1.54, 1.807) is 4.68 Å². The number of amides is 1. The molecule has 1 aliphatic rings. The zero-order chi connectivity index (χ0) is 21.4. The Morgan fingerprint density at radius 3 is 2.70 bits per heavy atom. The van der Waals surface area contributed by atoms with E-state index in [2.05, 4.69) is 42.7 Å². The molecule has 1 aliphatic heterocycles. The quantitative estimate of drug-likeness (QED) is 0.492. The smallest absolute Gasteiger partial charge is 0.255 e. The number of allylic oxidation sites excluding steroid dienone is 1. The minimum absolute atomic E-state index is 0.163. The van der Waals surface area contributed by atoms with Crippen LogP contribution in [-0.4, -0.2) is 26.9 Å². The van der Waals surface area contributed by atoms with Gasteiger partial charge in [0.2, 0.25) is 11.1 Å². The summed E-state index contributed by atoms with van der Waals surface area (Å²) in [6.07, 6.45) is 1.93. The SMILES string of the molecule is CSc1nc2n(n1)[C@@H](c1cccc(Br)c1)C(C(=O)Nc1ccc(C)cc1C)=C(C)N2. The lowest BCUT2D eigenvalue weighted by atomic mass is 9.95. The number of benzene rings is 2. The molecule has 0 radical (unpaired) electrons. The predicted octanol–water partition coefficient (Wildman–Crippen LogP) is 5.31. The van der Waals surface area contributed by atoms with E-state index in [-0.39, 0.29) is 5.91 Å². The normalized spacial score (nSPS) is 15.6. The third kappa shape index (κ3) is 3.89. The van der Waals surface area contributed by atoms with Gasteiger partial charge in [-0.1, -0.05) is 57.5 Å². The largest absolute Gasteiger partial charge is 0.328 e. The highest BCUT2D eigenvalue weighted by atomic mass is 79.9. The van der Waals surface area contributed by atoms with Gasteiger partial charge in [-0.25, -0.2) is 4.68 Å². The average molecular weight is 484 g/mol. The van der Waals surface area contributed by atoms with Gasteiger partial charge in [0.15, 0.2) is 0 Å². The number of nitrogens with zero attached hydrogens (tertiary/aromatic N) is 3. The highest BCUT2D eigenvalue weighted by Crippen LogP contribution is 2.37. The Labute approximate surface area is 188 Å². The van der Waals surface area contributed by atoms with E-state index in [4.69, 9.17) is 0 Å². The molecule has 0 saturated carbocycles. The molecule has 1 atom stereocenters. The summed E-state index contributed by atoms with van der Waals surface area (Å²) in [6.45, 7) is 5.93. The van der Waals surface area contributed by atoms with Crippen molar-refractivity contribution in [2.45, 2.75) is 32.0 Å². The van der Waals surface area contributed by atoms with Gasteiger partial charge >= 0.3 is 0 Å². The summed E-state index contributed by atoms with van der Waals surface area (Å²) in [5.74, 6) is 0.466. The van der Waals surface area contributed by atoms with E-state index in [1.807, 2.05) is 63.4 Å². The van der Waals surface area contributed by atoms with Crippen LogP contribution in [0.25, 0.3) is 0 Å². The first-order chi connectivity index (χ1) is 14.4. The minimum Gasteiger partial charge on any atom is -0.328 e. The van der Waals surface area contributed by atoms with Crippen LogP contribution in [-0.2, 0) is 4.79 Å². The lowest BCUT2D eigenvalue weighted by Crippen LogP contribution is -2.31. The summed E-state index contributed by atoms with van der Waals surface area (Å²) in [4.78, 5) is 18.0. The number of anilines is 2. The van der Waals surface area contributed by atoms with Crippen molar-refractivity contribution in [2.24, 2.45) is 0 Å². The van der Waals surface area contributed by atoms with Crippen molar-refractivity contribution < 1.29 is 4.79 Å². The molecule has 154 valence electrons. The molecule has 0 spiro atoms. The first-order valence-corrected chi connectivity index (χ1v) is 11.5. The van der Waals surface area contributed by atoms with Crippen LogP contribution in [0.15, 0.2) is 63.4 Å². The molecule has 6 nitrogen and oxygen atoms in total. The number of rotatable bonds is 4. The molecule has 0 fully saturated rings. The zero-order valence-corrected chi connectivity index (χ0v) is 19.6. The molecule has 1 amide bonds. The van der Waals surface area contributed by atoms with Gasteiger partial charge in [-0.2, -0.15) is 4.98 Å². The Morgan fingerprint density at radius 1 is 1.20 bits per heavy atom. The van der Waals surface area contributed by atoms with Crippen LogP contribution in [0, 0.1) is 13.8 Å². The predicted molar refractivity (Wildman–Crippen MR) is 125 cm³/mol. The van der Waals surface area contributed by atoms with E-state index >= 15 is 0 Å². The van der Waals surface area contributed by atoms with Gasteiger partial charge in [-0.15, -0.1) is 5.10 Å². The summed E-state index contributed by atoms with van der Waals surface area (Å²) >= 11 is 5.02. The third-order valence-corrected chi connectivity index (χ3v) is 6.09. The summed E-state index contributed by atoms with van der Waals surface area (Å²) in [6, 6.07) is 13.5. The minimum atomic E-state index is -0.391. The molecule has 0 unspecified atom stereocenters. The molecule has 3 aromatic rings. The highest BCUT2D eigenvalue weighted by Gasteiger charge is 2.34. The van der Waals surface area contributed by atoms with Crippen LogP contribution >= 0.6 is 27.7 Å². The highest BCUT2D eigenvalue weighted by molar-refractivity contribution is 9.10. The Hall–Kier alpha value is -2.58. The van der Waals surface area contributed by atoms with E-state index in [0.29, 0.717) is 16.7 Å². The summed E-state index contributed by atoms with van der Waals surface area (Å²) < 4.78 is 2.73. The van der Waals surface area contributed by atoms with Crippen molar-refractivity contribution in [1.82, 2.24) is 14.8 Å². The van der Waals surface area contributed by atoms with Crippen molar-refractivity contribution in [3.05, 3.63) is 74.9 Å². The first-order valence-electron chi connectivity index (χ1n) is 9.49. The molecule has 2 N–H and O–H groups in total. The zero-order valence-electron chi connectivity index (χ0n) is 17.2. The van der Waals surface area contributed by atoms with Gasteiger partial charge in [0.25, 0.3) is 5.91 Å². The second kappa shape index (κ2) is 8.28. The molecule has 2 aromatic carbocycles. The lowest BCUT2D eigenvalue weighted by molar-refractivity contribution is -0.113. The average Bonchev–Trinajstić information content (AvgIpc) is 3.11. The number of aromatic nitrogens is 3. The molecule has 2 heterocycles. The summed E-state index contributed by atoms with van der Waals surface area (Å²) in [5, 5.41) is 11.6. The molecular formula is C22H22BrN5OS. The summed E-state index contributed by atoms with van der Waals surface area (Å²) in [5.41, 5.74) is 5.30. The van der Waals surface area contributed by atoms with Crippen molar-refractivity contribution >= 4 is 45.2 Å². The number of carbonyl (C=O) groups excluding carboxylic acids is 1. The molecule has 0 bridgehead atoms. The van der Waals surface area contributed by atoms with E-state index in [0.717, 1.165) is 32.5 Å². The van der Waals surface area contributed by atoms with E-state index in [1.165, 1.54) is 11.8 Å². The molecule has 30 heavy (non-hydrogen) atoms. The van der Waals surface area contributed by atoms with Gasteiger partial charge < -0.3 is 10.6 Å². The van der Waals surface area contributed by atoms with Crippen LogP contribution in [0.5, 0.6) is 0 Å². The Kier molecular flexibility index (Phi) is 5.71. The molecule has 0 saturated heterocycles. The number of hydrogen-bond acceptors (Lipinski definition) is 5. The Bertz CT molecular complexity index is 1170. The fourth-order valence-corrected chi connectivity index (χ4v) is 4.40. The lowest BCUT2D eigenvalue weighted by Gasteiger charge is -2.29. The van der Waals surface area contributed by atoms with E-state index < -0.39 is 6.04 Å². The standard InChI is InChI=1S/C22H22BrN5OS/c1-12-8-9-17(13(2)10-12)25-20(29)18-14(3)24-21-26-22(30-4)27-28(21)19(18)15-6-5-7-16(23)11-15/h5-11,19H,1-4H3,(H,25,29)(H,24,26,27)/t19-/m0/s1. The number of hydrogen-bond donors (Lipinski definition) is 2. The number of fused-ring (bicyclic) bond motifs is 1. The second-order valence-corrected chi connectivity index (χ2v) is 8.95. The van der Waals surface area contributed by atoms with E-state index in [9.17, 15) is 4.79 Å². The number of aryl methyl sites for hydroxylation is 2. The Morgan fingerprint density at radius 2 is 2.00 bits per heavy atom. The molecule has 0 aliphatic carbocycles. The fraction of sp³-hybridized carbons (Fsp3) is 0.227. The topological polar surface area (TPSA) is 71.8 Å². The number of thioether (sulfide) groups is 1. The van der Waals surface area contributed by atoms with Gasteiger partial charge in [-0.05, 0) is 56.4 Å². The van der Waals surface area contributed by atoms with Gasteiger partial charge in [-0.3, -0.25) is 4.79 Å². The van der Waals surface area contributed by atoms with Crippen LogP contribution in [0.2, 0.25) is 0 Å². The van der Waals surface area contributed by atoms with Crippen LogP contribution < -0.4 is 10.6 Å². The Balaban J connectivity index is 1.79. The molecule has 4 rings (SSSR count). The van der Waals surface area contributed by atoms with Crippen molar-refractivity contribution in [3.8, 4) is 0 Å². The maximum Gasteiger partial charge on any atom is 0.255 e. The van der Waals surface area contributed by atoms with Gasteiger partial charge in [0.05, 0.1) is 5.57 Å². The third-order valence-electron chi connectivity index (χ3n) is 5.05. The summed E-state index contributed by atoms with van der Waals surface area (Å²) in [7, 11) is 0. The molecule has 8 heteroatoms. The monoisotopic (exact) mass is 483 g/mol. The van der Waals surface area contributed by atoms with Crippen LogP contribution in [0.3, 0.4) is 0 Å². The molecule has 1 aromatic heterocycles.